The first-order valence-corrected chi connectivity index (χ1v) is 8.56. The number of hydrogen-bond donors (Lipinski definition) is 1. The average molecular weight is 383 g/mol. The number of nitrogens with one attached hydrogen (secondary N) is 1. The van der Waals surface area contributed by atoms with Crippen molar-refractivity contribution < 1.29 is 9.59 Å². The number of rotatable bonds is 4. The molecule has 0 radical (unpaired) electrons. The van der Waals surface area contributed by atoms with E-state index in [2.05, 4.69) is 21.2 Å². The van der Waals surface area contributed by atoms with E-state index in [4.69, 9.17) is 0 Å². The summed E-state index contributed by atoms with van der Waals surface area (Å²) >= 11 is 3.37. The summed E-state index contributed by atoms with van der Waals surface area (Å²) in [5.74, 6) is 0.127. The van der Waals surface area contributed by atoms with Crippen LogP contribution in [0.5, 0.6) is 0 Å². The number of halogens is 1. The maximum Gasteiger partial charge on any atom is 0.321 e. The summed E-state index contributed by atoms with van der Waals surface area (Å²) < 4.78 is 0.972. The van der Waals surface area contributed by atoms with Crippen LogP contribution in [-0.2, 0) is 4.79 Å². The molecular formula is C16H23BrN4O2. The number of piperazine rings is 1. The molecule has 3 amide bonds. The van der Waals surface area contributed by atoms with Gasteiger partial charge in [-0.1, -0.05) is 22.9 Å². The van der Waals surface area contributed by atoms with Gasteiger partial charge in [0.2, 0.25) is 5.91 Å². The van der Waals surface area contributed by atoms with E-state index < -0.39 is 0 Å². The fourth-order valence-electron chi connectivity index (χ4n) is 2.34. The normalized spacial score (nSPS) is 15.0. The number of urea groups is 1. The molecule has 0 spiro atoms. The van der Waals surface area contributed by atoms with E-state index in [1.165, 1.54) is 0 Å². The molecule has 0 unspecified atom stereocenters. The molecule has 1 aliphatic heterocycles. The molecule has 1 heterocycles. The van der Waals surface area contributed by atoms with Crippen LogP contribution in [0.2, 0.25) is 0 Å². The molecule has 23 heavy (non-hydrogen) atoms. The molecule has 0 atom stereocenters. The number of anilines is 1. The van der Waals surface area contributed by atoms with Crippen molar-refractivity contribution in [1.29, 1.82) is 0 Å². The first-order valence-electron chi connectivity index (χ1n) is 7.77. The average Bonchev–Trinajstić information content (AvgIpc) is 2.56. The number of carbonyl (C=O) groups excluding carboxylic acids is 2. The Hall–Kier alpha value is -1.60. The molecule has 0 saturated carbocycles. The lowest BCUT2D eigenvalue weighted by molar-refractivity contribution is -0.133. The zero-order chi connectivity index (χ0) is 16.8. The molecule has 1 N–H and O–H groups in total. The van der Waals surface area contributed by atoms with E-state index in [9.17, 15) is 9.59 Å². The number of benzene rings is 1. The van der Waals surface area contributed by atoms with E-state index in [1.54, 1.807) is 4.90 Å². The maximum absolute atomic E-state index is 12.2. The van der Waals surface area contributed by atoms with Crippen LogP contribution in [0.15, 0.2) is 28.7 Å². The van der Waals surface area contributed by atoms with Gasteiger partial charge in [-0.15, -0.1) is 0 Å². The molecule has 126 valence electrons. The third-order valence-electron chi connectivity index (χ3n) is 3.96. The minimum absolute atomic E-state index is 0.120. The van der Waals surface area contributed by atoms with Gasteiger partial charge in [0, 0.05) is 36.3 Å². The van der Waals surface area contributed by atoms with Crippen molar-refractivity contribution in [3.05, 3.63) is 28.7 Å². The molecular weight excluding hydrogens is 360 g/mol. The Morgan fingerprint density at radius 3 is 2.26 bits per heavy atom. The summed E-state index contributed by atoms with van der Waals surface area (Å²) in [6.07, 6.45) is 0. The lowest BCUT2D eigenvalue weighted by Gasteiger charge is -2.35. The van der Waals surface area contributed by atoms with E-state index in [0.29, 0.717) is 32.7 Å². The Morgan fingerprint density at radius 2 is 1.70 bits per heavy atom. The van der Waals surface area contributed by atoms with Gasteiger partial charge < -0.3 is 15.1 Å². The van der Waals surface area contributed by atoms with Crippen LogP contribution in [0.4, 0.5) is 10.5 Å². The molecule has 2 rings (SSSR count). The van der Waals surface area contributed by atoms with Crippen LogP contribution in [0.25, 0.3) is 0 Å². The van der Waals surface area contributed by atoms with Crippen molar-refractivity contribution in [2.24, 2.45) is 0 Å². The Kier molecular flexibility index (Phi) is 6.41. The van der Waals surface area contributed by atoms with Crippen molar-refractivity contribution >= 4 is 33.6 Å². The number of carbonyl (C=O) groups is 2. The first kappa shape index (κ1) is 17.7. The summed E-state index contributed by atoms with van der Waals surface area (Å²) in [4.78, 5) is 29.9. The predicted molar refractivity (Wildman–Crippen MR) is 94.5 cm³/mol. The van der Waals surface area contributed by atoms with Crippen molar-refractivity contribution in [1.82, 2.24) is 14.7 Å². The van der Waals surface area contributed by atoms with Crippen LogP contribution in [-0.4, -0.2) is 73.0 Å². The third kappa shape index (κ3) is 5.21. The highest BCUT2D eigenvalue weighted by atomic mass is 79.9. The lowest BCUT2D eigenvalue weighted by atomic mass is 10.3. The van der Waals surface area contributed by atoms with Crippen LogP contribution in [0.1, 0.15) is 6.92 Å². The topological polar surface area (TPSA) is 55.9 Å². The van der Waals surface area contributed by atoms with Crippen molar-refractivity contribution in [2.75, 3.05) is 51.6 Å². The summed E-state index contributed by atoms with van der Waals surface area (Å²) in [7, 11) is 1.93. The van der Waals surface area contributed by atoms with Gasteiger partial charge >= 0.3 is 6.03 Å². The molecule has 7 heteroatoms. The van der Waals surface area contributed by atoms with Gasteiger partial charge in [0.25, 0.3) is 0 Å². The van der Waals surface area contributed by atoms with Crippen molar-refractivity contribution in [3.63, 3.8) is 0 Å². The highest BCUT2D eigenvalue weighted by Crippen LogP contribution is 2.15. The molecule has 6 nitrogen and oxygen atoms in total. The quantitative estimate of drug-likeness (QED) is 0.866. The Bertz CT molecular complexity index is 542. The number of hydrogen-bond acceptors (Lipinski definition) is 3. The van der Waals surface area contributed by atoms with E-state index in [0.717, 1.165) is 16.7 Å². The zero-order valence-electron chi connectivity index (χ0n) is 13.6. The second-order valence-electron chi connectivity index (χ2n) is 5.64. The summed E-state index contributed by atoms with van der Waals surface area (Å²) in [5.41, 5.74) is 0.765. The minimum Gasteiger partial charge on any atom is -0.338 e. The van der Waals surface area contributed by atoms with Crippen LogP contribution >= 0.6 is 15.9 Å². The van der Waals surface area contributed by atoms with Crippen LogP contribution in [0, 0.1) is 0 Å². The van der Waals surface area contributed by atoms with Gasteiger partial charge in [-0.25, -0.2) is 4.79 Å². The molecule has 1 aliphatic rings. The van der Waals surface area contributed by atoms with E-state index in [1.807, 2.05) is 48.0 Å². The van der Waals surface area contributed by atoms with Crippen LogP contribution < -0.4 is 5.32 Å². The molecule has 1 saturated heterocycles. The van der Waals surface area contributed by atoms with Gasteiger partial charge in [-0.3, -0.25) is 9.69 Å². The largest absolute Gasteiger partial charge is 0.338 e. The monoisotopic (exact) mass is 382 g/mol. The Morgan fingerprint density at radius 1 is 1.13 bits per heavy atom. The Labute approximate surface area is 145 Å². The van der Waals surface area contributed by atoms with Gasteiger partial charge in [0.05, 0.1) is 6.54 Å². The maximum atomic E-state index is 12.2. The molecule has 1 aromatic carbocycles. The summed E-state index contributed by atoms with van der Waals surface area (Å²) in [6.45, 7) is 5.60. The fraction of sp³-hybridized carbons (Fsp3) is 0.500. The number of nitrogens with zero attached hydrogens (tertiary/aromatic N) is 3. The molecule has 0 aliphatic carbocycles. The third-order valence-corrected chi connectivity index (χ3v) is 4.49. The first-order chi connectivity index (χ1) is 11.0. The van der Waals surface area contributed by atoms with Gasteiger partial charge in [0.15, 0.2) is 0 Å². The highest BCUT2D eigenvalue weighted by molar-refractivity contribution is 9.10. The summed E-state index contributed by atoms with van der Waals surface area (Å²) in [6, 6.07) is 7.35. The molecule has 1 aromatic rings. The number of amides is 3. The van der Waals surface area contributed by atoms with E-state index in [-0.39, 0.29) is 11.9 Å². The minimum atomic E-state index is -0.120. The number of likely N-dealkylation sites (N-methyl/N-ethyl adjacent to an activating group) is 1. The second-order valence-corrected chi connectivity index (χ2v) is 6.55. The van der Waals surface area contributed by atoms with Gasteiger partial charge in [-0.05, 0) is 37.9 Å². The SMILES string of the molecule is CCN(C)CC(=O)N1CCN(C(=O)Nc2ccc(Br)cc2)CC1. The zero-order valence-corrected chi connectivity index (χ0v) is 15.2. The Balaban J connectivity index is 1.80. The highest BCUT2D eigenvalue weighted by Gasteiger charge is 2.24. The molecule has 0 bridgehead atoms. The molecule has 1 fully saturated rings. The predicted octanol–water partition coefficient (Wildman–Crippen LogP) is 2.08. The smallest absolute Gasteiger partial charge is 0.321 e. The summed E-state index contributed by atoms with van der Waals surface area (Å²) in [5, 5.41) is 2.88. The van der Waals surface area contributed by atoms with Crippen LogP contribution in [0.3, 0.4) is 0 Å². The van der Waals surface area contributed by atoms with Gasteiger partial charge in [0.1, 0.15) is 0 Å². The second kappa shape index (κ2) is 8.31. The van der Waals surface area contributed by atoms with E-state index >= 15 is 0 Å². The van der Waals surface area contributed by atoms with Gasteiger partial charge in [-0.2, -0.15) is 0 Å². The molecule has 0 aromatic heterocycles. The fourth-order valence-corrected chi connectivity index (χ4v) is 2.60. The lowest BCUT2D eigenvalue weighted by Crippen LogP contribution is -2.53. The van der Waals surface area contributed by atoms with Crippen molar-refractivity contribution in [3.8, 4) is 0 Å². The van der Waals surface area contributed by atoms with Crippen molar-refractivity contribution in [2.45, 2.75) is 6.92 Å². The standard InChI is InChI=1S/C16H23BrN4O2/c1-3-19(2)12-15(22)20-8-10-21(11-9-20)16(23)18-14-6-4-13(17)5-7-14/h4-7H,3,8-12H2,1-2H3,(H,18,23).